The molecule has 2 amide bonds. The standard InChI is InChI=1S/C19H28FN3O3/c1-25-12-4-9-21-18(24)22-10-7-19(8-11-22)17(26-2)14-23(19)16-6-3-5-15(20)13-16/h3,5-6,13,17H,4,7-12,14H2,1-2H3,(H,21,24). The number of urea groups is 1. The lowest BCUT2D eigenvalue weighted by atomic mass is 9.73. The molecular weight excluding hydrogens is 337 g/mol. The van der Waals surface area contributed by atoms with Crippen LogP contribution in [-0.2, 0) is 9.47 Å². The number of methoxy groups -OCH3 is 2. The van der Waals surface area contributed by atoms with Crippen molar-refractivity contribution in [2.24, 2.45) is 0 Å². The number of rotatable bonds is 6. The molecule has 1 atom stereocenters. The molecule has 0 saturated carbocycles. The van der Waals surface area contributed by atoms with Gasteiger partial charge in [0.1, 0.15) is 5.82 Å². The molecule has 144 valence electrons. The highest BCUT2D eigenvalue weighted by molar-refractivity contribution is 5.74. The number of carbonyl (C=O) groups is 1. The number of halogens is 1. The highest BCUT2D eigenvalue weighted by Crippen LogP contribution is 2.44. The van der Waals surface area contributed by atoms with Gasteiger partial charge >= 0.3 is 6.03 Å². The number of nitrogens with one attached hydrogen (secondary N) is 1. The Hall–Kier alpha value is -1.86. The number of anilines is 1. The zero-order valence-corrected chi connectivity index (χ0v) is 15.5. The number of hydrogen-bond acceptors (Lipinski definition) is 4. The summed E-state index contributed by atoms with van der Waals surface area (Å²) in [6, 6.07) is 6.68. The van der Waals surface area contributed by atoms with Crippen LogP contribution in [0.5, 0.6) is 0 Å². The molecule has 3 rings (SSSR count). The van der Waals surface area contributed by atoms with Gasteiger partial charge in [0, 0.05) is 52.7 Å². The van der Waals surface area contributed by atoms with Crippen LogP contribution >= 0.6 is 0 Å². The van der Waals surface area contributed by atoms with Gasteiger partial charge in [0.2, 0.25) is 0 Å². The van der Waals surface area contributed by atoms with Crippen molar-refractivity contribution in [1.82, 2.24) is 10.2 Å². The van der Waals surface area contributed by atoms with Gasteiger partial charge in [-0.2, -0.15) is 0 Å². The van der Waals surface area contributed by atoms with Crippen molar-refractivity contribution in [3.05, 3.63) is 30.1 Å². The molecule has 2 aliphatic rings. The fraction of sp³-hybridized carbons (Fsp3) is 0.632. The SMILES string of the molecule is COCCCNC(=O)N1CCC2(CC1)C(OC)CN2c1cccc(F)c1. The largest absolute Gasteiger partial charge is 0.385 e. The highest BCUT2D eigenvalue weighted by atomic mass is 19.1. The van der Waals surface area contributed by atoms with Crippen molar-refractivity contribution in [3.8, 4) is 0 Å². The molecule has 0 aromatic heterocycles. The van der Waals surface area contributed by atoms with E-state index in [9.17, 15) is 9.18 Å². The maximum absolute atomic E-state index is 13.6. The van der Waals surface area contributed by atoms with E-state index in [0.29, 0.717) is 26.2 Å². The van der Waals surface area contributed by atoms with Gasteiger partial charge in [-0.25, -0.2) is 9.18 Å². The Bertz CT molecular complexity index is 620. The van der Waals surface area contributed by atoms with E-state index in [1.165, 1.54) is 6.07 Å². The van der Waals surface area contributed by atoms with Crippen LogP contribution < -0.4 is 10.2 Å². The van der Waals surface area contributed by atoms with Crippen LogP contribution in [0.25, 0.3) is 0 Å². The summed E-state index contributed by atoms with van der Waals surface area (Å²) in [6.45, 7) is 3.35. The monoisotopic (exact) mass is 365 g/mol. The Balaban J connectivity index is 1.60. The van der Waals surface area contributed by atoms with Crippen molar-refractivity contribution in [3.63, 3.8) is 0 Å². The van der Waals surface area contributed by atoms with E-state index < -0.39 is 0 Å². The first-order valence-corrected chi connectivity index (χ1v) is 9.18. The minimum atomic E-state index is -0.230. The van der Waals surface area contributed by atoms with E-state index in [4.69, 9.17) is 9.47 Å². The summed E-state index contributed by atoms with van der Waals surface area (Å²) in [7, 11) is 3.38. The van der Waals surface area contributed by atoms with Crippen molar-refractivity contribution < 1.29 is 18.7 Å². The van der Waals surface area contributed by atoms with Crippen LogP contribution in [0.4, 0.5) is 14.9 Å². The van der Waals surface area contributed by atoms with Crippen molar-refractivity contribution in [1.29, 1.82) is 0 Å². The van der Waals surface area contributed by atoms with Crippen molar-refractivity contribution in [2.75, 3.05) is 51.9 Å². The van der Waals surface area contributed by atoms with Crippen molar-refractivity contribution in [2.45, 2.75) is 30.9 Å². The van der Waals surface area contributed by atoms with E-state index in [2.05, 4.69) is 10.2 Å². The molecule has 26 heavy (non-hydrogen) atoms. The number of hydrogen-bond donors (Lipinski definition) is 1. The third kappa shape index (κ3) is 3.64. The van der Waals surface area contributed by atoms with Crippen molar-refractivity contribution >= 4 is 11.7 Å². The fourth-order valence-corrected chi connectivity index (χ4v) is 4.09. The predicted molar refractivity (Wildman–Crippen MR) is 98.0 cm³/mol. The van der Waals surface area contributed by atoms with Crippen LogP contribution in [0, 0.1) is 5.82 Å². The summed E-state index contributed by atoms with van der Waals surface area (Å²) in [5, 5.41) is 2.94. The zero-order chi connectivity index (χ0) is 18.6. The van der Waals surface area contributed by atoms with Crippen LogP contribution in [0.3, 0.4) is 0 Å². The van der Waals surface area contributed by atoms with Gasteiger partial charge in [-0.15, -0.1) is 0 Å². The lowest BCUT2D eigenvalue weighted by Gasteiger charge is -2.61. The van der Waals surface area contributed by atoms with Gasteiger partial charge in [-0.3, -0.25) is 0 Å². The molecular formula is C19H28FN3O3. The maximum atomic E-state index is 13.6. The molecule has 0 radical (unpaired) electrons. The molecule has 2 aliphatic heterocycles. The van der Waals surface area contributed by atoms with Crippen LogP contribution in [-0.4, -0.2) is 69.6 Å². The smallest absolute Gasteiger partial charge is 0.317 e. The Morgan fingerprint density at radius 3 is 2.77 bits per heavy atom. The highest BCUT2D eigenvalue weighted by Gasteiger charge is 2.55. The lowest BCUT2D eigenvalue weighted by molar-refractivity contribution is -0.0416. The summed E-state index contributed by atoms with van der Waals surface area (Å²) >= 11 is 0. The third-order valence-corrected chi connectivity index (χ3v) is 5.61. The minimum Gasteiger partial charge on any atom is -0.385 e. The second-order valence-electron chi connectivity index (χ2n) is 6.98. The first-order chi connectivity index (χ1) is 12.6. The number of piperidine rings is 1. The summed E-state index contributed by atoms with van der Waals surface area (Å²) in [4.78, 5) is 16.4. The Labute approximate surface area is 154 Å². The van der Waals surface area contributed by atoms with E-state index in [1.807, 2.05) is 11.0 Å². The molecule has 1 aromatic carbocycles. The Kier molecular flexibility index (Phi) is 5.98. The van der Waals surface area contributed by atoms with Gasteiger partial charge in [0.25, 0.3) is 0 Å². The quantitative estimate of drug-likeness (QED) is 0.786. The zero-order valence-electron chi connectivity index (χ0n) is 15.5. The number of amides is 2. The fourth-order valence-electron chi connectivity index (χ4n) is 4.09. The third-order valence-electron chi connectivity index (χ3n) is 5.61. The normalized spacial score (nSPS) is 21.6. The van der Waals surface area contributed by atoms with Gasteiger partial charge < -0.3 is 24.6 Å². The molecule has 0 bridgehead atoms. The van der Waals surface area contributed by atoms with Crippen LogP contribution in [0.1, 0.15) is 19.3 Å². The van der Waals surface area contributed by atoms with E-state index in [0.717, 1.165) is 31.5 Å². The molecule has 2 heterocycles. The van der Waals surface area contributed by atoms with E-state index in [1.54, 1.807) is 26.4 Å². The molecule has 1 aromatic rings. The predicted octanol–water partition coefficient (Wildman–Crippen LogP) is 2.24. The molecule has 1 unspecified atom stereocenters. The molecule has 1 spiro atoms. The van der Waals surface area contributed by atoms with E-state index >= 15 is 0 Å². The topological polar surface area (TPSA) is 54.0 Å². The number of carbonyl (C=O) groups excluding carboxylic acids is 1. The van der Waals surface area contributed by atoms with Gasteiger partial charge in [-0.1, -0.05) is 6.07 Å². The second kappa shape index (κ2) is 8.22. The van der Waals surface area contributed by atoms with Gasteiger partial charge in [0.05, 0.1) is 11.6 Å². The molecule has 2 fully saturated rings. The average Bonchev–Trinajstić information content (AvgIpc) is 2.65. The second-order valence-corrected chi connectivity index (χ2v) is 6.98. The maximum Gasteiger partial charge on any atom is 0.317 e. The molecule has 0 aliphatic carbocycles. The molecule has 7 heteroatoms. The van der Waals surface area contributed by atoms with Gasteiger partial charge in [-0.05, 0) is 37.5 Å². The summed E-state index contributed by atoms with van der Waals surface area (Å²) in [6.07, 6.45) is 2.54. The minimum absolute atomic E-state index is 0.0263. The first-order valence-electron chi connectivity index (χ1n) is 9.18. The Morgan fingerprint density at radius 1 is 1.35 bits per heavy atom. The number of nitrogens with zero attached hydrogens (tertiary/aromatic N) is 2. The number of ether oxygens (including phenoxy) is 2. The first kappa shape index (κ1) is 18.9. The van der Waals surface area contributed by atoms with Crippen LogP contribution in [0.2, 0.25) is 0 Å². The number of benzene rings is 1. The summed E-state index contributed by atoms with van der Waals surface area (Å²) in [5.74, 6) is -0.230. The van der Waals surface area contributed by atoms with Gasteiger partial charge in [0.15, 0.2) is 0 Å². The average molecular weight is 365 g/mol. The number of likely N-dealkylation sites (tertiary alicyclic amines) is 1. The Morgan fingerprint density at radius 2 is 2.12 bits per heavy atom. The van der Waals surface area contributed by atoms with Crippen LogP contribution in [0.15, 0.2) is 24.3 Å². The molecule has 2 saturated heterocycles. The summed E-state index contributed by atoms with van der Waals surface area (Å²) in [5.41, 5.74) is 0.728. The van der Waals surface area contributed by atoms with E-state index in [-0.39, 0.29) is 23.5 Å². The molecule has 6 nitrogen and oxygen atoms in total. The summed E-state index contributed by atoms with van der Waals surface area (Å²) < 4.78 is 24.3. The lowest BCUT2D eigenvalue weighted by Crippen LogP contribution is -2.74. The molecule has 1 N–H and O–H groups in total.